The number of carbonyl (C=O) groups excluding carboxylic acids is 2. The first-order chi connectivity index (χ1) is 16.2. The molecule has 34 heavy (non-hydrogen) atoms. The lowest BCUT2D eigenvalue weighted by Crippen LogP contribution is -2.56. The van der Waals surface area contributed by atoms with Gasteiger partial charge in [0.15, 0.2) is 12.2 Å². The molecule has 5 atom stereocenters. The van der Waals surface area contributed by atoms with E-state index in [1.807, 2.05) is 55.6 Å². The Labute approximate surface area is 217 Å². The zero-order valence-corrected chi connectivity index (χ0v) is 22.5. The van der Waals surface area contributed by atoms with Gasteiger partial charge in [0, 0.05) is 17.4 Å². The predicted octanol–water partition coefficient (Wildman–Crippen LogP) is 4.27. The Morgan fingerprint density at radius 2 is 1.71 bits per heavy atom. The largest absolute Gasteiger partial charge is 0.494 e. The van der Waals surface area contributed by atoms with Gasteiger partial charge in [-0.05, 0) is 77.1 Å². The van der Waals surface area contributed by atoms with Crippen LogP contribution in [0.5, 0.6) is 5.75 Å². The van der Waals surface area contributed by atoms with Gasteiger partial charge in [-0.15, -0.1) is 11.8 Å². The number of ether oxygens (including phenoxy) is 4. The monoisotopic (exact) mass is 600 g/mol. The first kappa shape index (κ1) is 26.8. The van der Waals surface area contributed by atoms with Crippen LogP contribution in [0.1, 0.15) is 43.6 Å². The molecule has 1 aliphatic rings. The van der Waals surface area contributed by atoms with E-state index in [4.69, 9.17) is 18.9 Å². The second-order valence-corrected chi connectivity index (χ2v) is 10.0. The fraction of sp³-hybridized carbons (Fsp3) is 0.440. The summed E-state index contributed by atoms with van der Waals surface area (Å²) in [5.74, 6) is -0.279. The van der Waals surface area contributed by atoms with Gasteiger partial charge in [0.1, 0.15) is 23.4 Å². The van der Waals surface area contributed by atoms with Crippen molar-refractivity contribution >= 4 is 46.3 Å². The average Bonchev–Trinajstić information content (AvgIpc) is 2.79. The minimum absolute atomic E-state index is 0.539. The van der Waals surface area contributed by atoms with Crippen LogP contribution in [0.3, 0.4) is 0 Å². The number of aliphatic hydroxyl groups excluding tert-OH is 1. The molecule has 0 spiro atoms. The topological polar surface area (TPSA) is 91.3 Å². The number of aliphatic hydroxyl groups is 1. The third-order valence-electron chi connectivity index (χ3n) is 5.38. The van der Waals surface area contributed by atoms with E-state index in [2.05, 4.69) is 22.6 Å². The number of thioether (sulfide) groups is 1. The summed E-state index contributed by atoms with van der Waals surface area (Å²) in [6, 6.07) is 13.8. The average molecular weight is 600 g/mol. The summed E-state index contributed by atoms with van der Waals surface area (Å²) in [6.07, 6.45) is -1.44. The first-order valence-corrected chi connectivity index (χ1v) is 13.3. The smallest absolute Gasteiger partial charge is 0.303 e. The minimum Gasteiger partial charge on any atom is -0.494 e. The van der Waals surface area contributed by atoms with Crippen LogP contribution in [-0.2, 0) is 30.2 Å². The van der Waals surface area contributed by atoms with Gasteiger partial charge in [-0.1, -0.05) is 24.3 Å². The summed E-state index contributed by atoms with van der Waals surface area (Å²) in [7, 11) is 0. The lowest BCUT2D eigenvalue weighted by atomic mass is 9.92. The SMILES string of the molecule is CCOc1ccc(Cc2cc(C3OC(SC)C(OC(C)=O)C(OC(C)=O)C3O)ccc2I)cc1. The Balaban J connectivity index is 1.88. The molecule has 0 aliphatic carbocycles. The molecule has 1 fully saturated rings. The molecule has 0 bridgehead atoms. The quantitative estimate of drug-likeness (QED) is 0.355. The van der Waals surface area contributed by atoms with E-state index < -0.39 is 41.8 Å². The number of hydrogen-bond acceptors (Lipinski definition) is 8. The second-order valence-electron chi connectivity index (χ2n) is 7.90. The van der Waals surface area contributed by atoms with Gasteiger partial charge in [-0.25, -0.2) is 0 Å². The molecule has 1 heterocycles. The second kappa shape index (κ2) is 12.2. The molecule has 1 aliphatic heterocycles. The van der Waals surface area contributed by atoms with Crippen LogP contribution in [0.15, 0.2) is 42.5 Å². The molecule has 2 aromatic carbocycles. The molecule has 0 saturated carbocycles. The predicted molar refractivity (Wildman–Crippen MR) is 138 cm³/mol. The minimum atomic E-state index is -1.21. The van der Waals surface area contributed by atoms with Crippen molar-refractivity contribution in [2.24, 2.45) is 0 Å². The van der Waals surface area contributed by atoms with Crippen molar-refractivity contribution in [1.29, 1.82) is 0 Å². The van der Waals surface area contributed by atoms with Crippen molar-refractivity contribution in [2.45, 2.75) is 57.0 Å². The van der Waals surface area contributed by atoms with Gasteiger partial charge in [0.2, 0.25) is 0 Å². The lowest BCUT2D eigenvalue weighted by molar-refractivity contribution is -0.225. The highest BCUT2D eigenvalue weighted by molar-refractivity contribution is 14.1. The molecular weight excluding hydrogens is 571 g/mol. The summed E-state index contributed by atoms with van der Waals surface area (Å²) in [4.78, 5) is 23.4. The molecule has 184 valence electrons. The fourth-order valence-corrected chi connectivity index (χ4v) is 5.16. The van der Waals surface area contributed by atoms with Crippen molar-refractivity contribution in [3.63, 3.8) is 0 Å². The maximum Gasteiger partial charge on any atom is 0.303 e. The zero-order chi connectivity index (χ0) is 24.8. The Kier molecular flexibility index (Phi) is 9.64. The van der Waals surface area contributed by atoms with Gasteiger partial charge in [0.05, 0.1) is 6.61 Å². The Morgan fingerprint density at radius 3 is 2.29 bits per heavy atom. The molecule has 1 N–H and O–H groups in total. The van der Waals surface area contributed by atoms with Gasteiger partial charge in [-0.2, -0.15) is 0 Å². The van der Waals surface area contributed by atoms with Crippen molar-refractivity contribution in [1.82, 2.24) is 0 Å². The number of esters is 2. The van der Waals surface area contributed by atoms with Crippen LogP contribution in [0, 0.1) is 3.57 Å². The highest BCUT2D eigenvalue weighted by Crippen LogP contribution is 2.39. The molecule has 0 amide bonds. The Morgan fingerprint density at radius 1 is 1.06 bits per heavy atom. The van der Waals surface area contributed by atoms with Gasteiger partial charge in [-0.3, -0.25) is 9.59 Å². The van der Waals surface area contributed by atoms with Gasteiger partial charge in [0.25, 0.3) is 0 Å². The Hall–Kier alpha value is -1.82. The highest BCUT2D eigenvalue weighted by atomic mass is 127. The number of benzene rings is 2. The van der Waals surface area contributed by atoms with E-state index in [1.54, 1.807) is 0 Å². The van der Waals surface area contributed by atoms with Crippen LogP contribution in [0.2, 0.25) is 0 Å². The summed E-state index contributed by atoms with van der Waals surface area (Å²) in [5, 5.41) is 11.1. The summed E-state index contributed by atoms with van der Waals surface area (Å²) in [5.41, 5.74) is 2.34. The third kappa shape index (κ3) is 6.65. The molecule has 5 unspecified atom stereocenters. The molecule has 9 heteroatoms. The van der Waals surface area contributed by atoms with E-state index in [1.165, 1.54) is 25.6 Å². The number of carbonyl (C=O) groups is 2. The normalized spacial score (nSPS) is 24.4. The standard InChI is InChI=1S/C25H29IO7S/c1-5-30-19-9-6-16(7-10-19)12-18-13-17(8-11-20(18)26)22-21(29)23(31-14(2)27)24(32-15(3)28)25(33-22)34-4/h6-11,13,21-25,29H,5,12H2,1-4H3. The van der Waals surface area contributed by atoms with E-state index in [9.17, 15) is 14.7 Å². The molecule has 0 aromatic heterocycles. The molecule has 2 aromatic rings. The third-order valence-corrected chi connectivity index (χ3v) is 7.28. The molecule has 3 rings (SSSR count). The van der Waals surface area contributed by atoms with Gasteiger partial charge >= 0.3 is 11.9 Å². The number of hydrogen-bond donors (Lipinski definition) is 1. The van der Waals surface area contributed by atoms with E-state index in [0.29, 0.717) is 13.0 Å². The van der Waals surface area contributed by atoms with E-state index in [-0.39, 0.29) is 0 Å². The van der Waals surface area contributed by atoms with E-state index in [0.717, 1.165) is 26.0 Å². The van der Waals surface area contributed by atoms with Gasteiger partial charge < -0.3 is 24.1 Å². The van der Waals surface area contributed by atoms with Crippen molar-refractivity contribution < 1.29 is 33.6 Å². The zero-order valence-electron chi connectivity index (χ0n) is 19.5. The molecular formula is C25H29IO7S. The summed E-state index contributed by atoms with van der Waals surface area (Å²) in [6.45, 7) is 5.10. The number of halogens is 1. The van der Waals surface area contributed by atoms with E-state index >= 15 is 0 Å². The maximum absolute atomic E-state index is 11.8. The molecule has 1 saturated heterocycles. The highest BCUT2D eigenvalue weighted by Gasteiger charge is 2.49. The lowest BCUT2D eigenvalue weighted by Gasteiger charge is -2.43. The van der Waals surface area contributed by atoms with Crippen molar-refractivity contribution in [3.8, 4) is 5.75 Å². The fourth-order valence-electron chi connectivity index (χ4n) is 3.93. The van der Waals surface area contributed by atoms with Crippen molar-refractivity contribution in [3.05, 3.63) is 62.7 Å². The van der Waals surface area contributed by atoms with Crippen LogP contribution >= 0.6 is 34.4 Å². The maximum atomic E-state index is 11.8. The van der Waals surface area contributed by atoms with Crippen LogP contribution in [-0.4, -0.2) is 53.7 Å². The van der Waals surface area contributed by atoms with Crippen LogP contribution in [0.25, 0.3) is 0 Å². The first-order valence-electron chi connectivity index (χ1n) is 10.9. The van der Waals surface area contributed by atoms with Crippen LogP contribution in [0.4, 0.5) is 0 Å². The van der Waals surface area contributed by atoms with Crippen LogP contribution < -0.4 is 4.74 Å². The molecule has 0 radical (unpaired) electrons. The van der Waals surface area contributed by atoms with Crippen molar-refractivity contribution in [2.75, 3.05) is 12.9 Å². The summed E-state index contributed by atoms with van der Waals surface area (Å²) >= 11 is 3.62. The molecule has 7 nitrogen and oxygen atoms in total. The Bertz CT molecular complexity index is 997. The number of rotatable bonds is 8. The summed E-state index contributed by atoms with van der Waals surface area (Å²) < 4.78 is 23.6.